The second-order valence-corrected chi connectivity index (χ2v) is 4.73. The number of carbonyl (C=O) groups is 1. The lowest BCUT2D eigenvalue weighted by atomic mass is 10.2. The molecule has 0 aliphatic carbocycles. The maximum absolute atomic E-state index is 12.6. The lowest BCUT2D eigenvalue weighted by molar-refractivity contribution is -0.137. The zero-order chi connectivity index (χ0) is 16.9. The van der Waals surface area contributed by atoms with Gasteiger partial charge in [-0.1, -0.05) is 18.2 Å². The highest BCUT2D eigenvalue weighted by molar-refractivity contribution is 5.89. The molecule has 2 aromatic rings. The van der Waals surface area contributed by atoms with Gasteiger partial charge in [0.2, 0.25) is 0 Å². The van der Waals surface area contributed by atoms with Gasteiger partial charge in [-0.3, -0.25) is 0 Å². The van der Waals surface area contributed by atoms with Gasteiger partial charge in [0, 0.05) is 12.2 Å². The Labute approximate surface area is 131 Å². The van der Waals surface area contributed by atoms with Crippen LogP contribution in [0, 0.1) is 0 Å². The van der Waals surface area contributed by atoms with Crippen LogP contribution in [0.3, 0.4) is 0 Å². The van der Waals surface area contributed by atoms with Gasteiger partial charge in [0.15, 0.2) is 0 Å². The van der Waals surface area contributed by atoms with Crippen LogP contribution in [0.2, 0.25) is 0 Å². The Hall–Kier alpha value is -2.70. The van der Waals surface area contributed by atoms with Gasteiger partial charge in [-0.15, -0.1) is 0 Å². The molecule has 0 saturated carbocycles. The summed E-state index contributed by atoms with van der Waals surface area (Å²) in [5, 5.41) is 4.94. The van der Waals surface area contributed by atoms with E-state index in [1.807, 2.05) is 0 Å². The van der Waals surface area contributed by atoms with Gasteiger partial charge in [0.25, 0.3) is 0 Å². The van der Waals surface area contributed by atoms with E-state index in [9.17, 15) is 18.0 Å². The number of ether oxygens (including phenoxy) is 1. The third-order valence-corrected chi connectivity index (χ3v) is 3.06. The van der Waals surface area contributed by atoms with E-state index in [4.69, 9.17) is 4.74 Å². The summed E-state index contributed by atoms with van der Waals surface area (Å²) in [6, 6.07) is 10.9. The lowest BCUT2D eigenvalue weighted by Crippen LogP contribution is -2.28. The fourth-order valence-electron chi connectivity index (χ4n) is 1.87. The molecule has 0 aliphatic heterocycles. The summed E-state index contributed by atoms with van der Waals surface area (Å²) < 4.78 is 42.8. The van der Waals surface area contributed by atoms with E-state index in [2.05, 4.69) is 10.6 Å². The number of methoxy groups -OCH3 is 1. The first-order chi connectivity index (χ1) is 10.9. The minimum absolute atomic E-state index is 0.0760. The fraction of sp³-hybridized carbons (Fsp3) is 0.188. The summed E-state index contributed by atoms with van der Waals surface area (Å²) in [6.45, 7) is 0.245. The predicted octanol–water partition coefficient (Wildman–Crippen LogP) is 4.04. The third-order valence-electron chi connectivity index (χ3n) is 3.06. The smallest absolute Gasteiger partial charge is 0.416 e. The molecule has 2 rings (SSSR count). The van der Waals surface area contributed by atoms with E-state index in [0.29, 0.717) is 5.75 Å². The Bertz CT molecular complexity index is 670. The molecule has 0 spiro atoms. The molecule has 2 amide bonds. The van der Waals surface area contributed by atoms with E-state index in [0.717, 1.165) is 17.7 Å². The largest absolute Gasteiger partial charge is 0.497 e. The molecule has 0 atom stereocenters. The SMILES string of the molecule is COc1ccc(CNC(=O)Nc2cccc(C(F)(F)F)c2)cc1. The van der Waals surface area contributed by atoms with Crippen molar-refractivity contribution >= 4 is 11.7 Å². The monoisotopic (exact) mass is 324 g/mol. The summed E-state index contributed by atoms with van der Waals surface area (Å²) in [7, 11) is 1.55. The van der Waals surface area contributed by atoms with Gasteiger partial charge in [-0.05, 0) is 35.9 Å². The number of nitrogens with one attached hydrogen (secondary N) is 2. The molecule has 0 fully saturated rings. The van der Waals surface area contributed by atoms with Crippen LogP contribution in [0.4, 0.5) is 23.7 Å². The summed E-state index contributed by atoms with van der Waals surface area (Å²) >= 11 is 0. The number of hydrogen-bond acceptors (Lipinski definition) is 2. The molecule has 2 aromatic carbocycles. The van der Waals surface area contributed by atoms with Crippen molar-refractivity contribution in [2.75, 3.05) is 12.4 Å². The van der Waals surface area contributed by atoms with Crippen LogP contribution in [0.15, 0.2) is 48.5 Å². The summed E-state index contributed by atoms with van der Waals surface area (Å²) in [5.74, 6) is 0.696. The number of carbonyl (C=O) groups excluding carboxylic acids is 1. The zero-order valence-electron chi connectivity index (χ0n) is 12.3. The zero-order valence-corrected chi connectivity index (χ0v) is 12.3. The number of halogens is 3. The van der Waals surface area contributed by atoms with E-state index >= 15 is 0 Å². The highest BCUT2D eigenvalue weighted by Gasteiger charge is 2.30. The number of amides is 2. The van der Waals surface area contributed by atoms with Crippen molar-refractivity contribution < 1.29 is 22.7 Å². The van der Waals surface area contributed by atoms with E-state index in [-0.39, 0.29) is 12.2 Å². The molecule has 0 aliphatic rings. The topological polar surface area (TPSA) is 50.4 Å². The van der Waals surface area contributed by atoms with E-state index in [1.165, 1.54) is 12.1 Å². The lowest BCUT2D eigenvalue weighted by Gasteiger charge is -2.11. The summed E-state index contributed by atoms with van der Waals surface area (Å²) in [5.41, 5.74) is 0.0995. The van der Waals surface area contributed by atoms with Crippen molar-refractivity contribution in [3.63, 3.8) is 0 Å². The Balaban J connectivity index is 1.91. The highest BCUT2D eigenvalue weighted by Crippen LogP contribution is 2.30. The first-order valence-electron chi connectivity index (χ1n) is 6.73. The number of benzene rings is 2. The van der Waals surface area contributed by atoms with Crippen molar-refractivity contribution in [2.45, 2.75) is 12.7 Å². The molecule has 0 aromatic heterocycles. The minimum atomic E-state index is -4.45. The molecular weight excluding hydrogens is 309 g/mol. The van der Waals surface area contributed by atoms with Gasteiger partial charge in [-0.25, -0.2) is 4.79 Å². The van der Waals surface area contributed by atoms with Crippen LogP contribution in [-0.2, 0) is 12.7 Å². The maximum atomic E-state index is 12.6. The number of hydrogen-bond donors (Lipinski definition) is 2. The minimum Gasteiger partial charge on any atom is -0.497 e. The van der Waals surface area contributed by atoms with Crippen molar-refractivity contribution in [1.82, 2.24) is 5.32 Å². The van der Waals surface area contributed by atoms with Crippen molar-refractivity contribution in [1.29, 1.82) is 0 Å². The van der Waals surface area contributed by atoms with E-state index in [1.54, 1.807) is 31.4 Å². The predicted molar refractivity (Wildman–Crippen MR) is 80.3 cm³/mol. The number of alkyl halides is 3. The van der Waals surface area contributed by atoms with Crippen LogP contribution in [-0.4, -0.2) is 13.1 Å². The average Bonchev–Trinajstić information content (AvgIpc) is 2.53. The molecule has 0 bridgehead atoms. The van der Waals surface area contributed by atoms with Gasteiger partial charge >= 0.3 is 12.2 Å². The first-order valence-corrected chi connectivity index (χ1v) is 6.73. The number of rotatable bonds is 4. The molecule has 122 valence electrons. The average molecular weight is 324 g/mol. The second kappa shape index (κ2) is 7.04. The molecule has 4 nitrogen and oxygen atoms in total. The maximum Gasteiger partial charge on any atom is 0.416 e. The quantitative estimate of drug-likeness (QED) is 0.892. The molecule has 0 unspecified atom stereocenters. The van der Waals surface area contributed by atoms with Crippen molar-refractivity contribution in [3.05, 3.63) is 59.7 Å². The Morgan fingerprint density at radius 2 is 1.83 bits per heavy atom. The van der Waals surface area contributed by atoms with Gasteiger partial charge < -0.3 is 15.4 Å². The molecule has 2 N–H and O–H groups in total. The molecular formula is C16H15F3N2O2. The fourth-order valence-corrected chi connectivity index (χ4v) is 1.87. The Morgan fingerprint density at radius 1 is 1.13 bits per heavy atom. The second-order valence-electron chi connectivity index (χ2n) is 4.73. The van der Waals surface area contributed by atoms with E-state index < -0.39 is 17.8 Å². The molecule has 0 radical (unpaired) electrons. The molecule has 7 heteroatoms. The van der Waals surface area contributed by atoms with Crippen LogP contribution in [0.5, 0.6) is 5.75 Å². The first kappa shape index (κ1) is 16.7. The van der Waals surface area contributed by atoms with Crippen LogP contribution < -0.4 is 15.4 Å². The van der Waals surface area contributed by atoms with Gasteiger partial charge in [0.05, 0.1) is 12.7 Å². The number of urea groups is 1. The highest BCUT2D eigenvalue weighted by atomic mass is 19.4. The number of anilines is 1. The normalized spacial score (nSPS) is 11.0. The molecule has 0 heterocycles. The van der Waals surface area contributed by atoms with Gasteiger partial charge in [0.1, 0.15) is 5.75 Å². The van der Waals surface area contributed by atoms with Crippen molar-refractivity contribution in [3.8, 4) is 5.75 Å². The summed E-state index contributed by atoms with van der Waals surface area (Å²) in [6.07, 6.45) is -4.45. The van der Waals surface area contributed by atoms with Crippen LogP contribution in [0.25, 0.3) is 0 Å². The standard InChI is InChI=1S/C16H15F3N2O2/c1-23-14-7-5-11(6-8-14)10-20-15(22)21-13-4-2-3-12(9-13)16(17,18)19/h2-9H,10H2,1H3,(H2,20,21,22). The molecule has 0 saturated heterocycles. The van der Waals surface area contributed by atoms with Crippen LogP contribution in [0.1, 0.15) is 11.1 Å². The Morgan fingerprint density at radius 3 is 2.43 bits per heavy atom. The van der Waals surface area contributed by atoms with Gasteiger partial charge in [-0.2, -0.15) is 13.2 Å². The summed E-state index contributed by atoms with van der Waals surface area (Å²) in [4.78, 5) is 11.7. The Kier molecular flexibility index (Phi) is 5.10. The van der Waals surface area contributed by atoms with Crippen LogP contribution >= 0.6 is 0 Å². The van der Waals surface area contributed by atoms with Crippen molar-refractivity contribution in [2.24, 2.45) is 0 Å². The molecule has 23 heavy (non-hydrogen) atoms. The third kappa shape index (κ3) is 4.91.